The highest BCUT2D eigenvalue weighted by Crippen LogP contribution is 2.39. The summed E-state index contributed by atoms with van der Waals surface area (Å²) in [6.07, 6.45) is 1.96. The quantitative estimate of drug-likeness (QED) is 0.201. The second kappa shape index (κ2) is 12.6. The maximum absolute atomic E-state index is 11.1. The van der Waals surface area contributed by atoms with Gasteiger partial charge in [-0.2, -0.15) is 0 Å². The van der Waals surface area contributed by atoms with Gasteiger partial charge in [0, 0.05) is 15.8 Å². The van der Waals surface area contributed by atoms with Crippen LogP contribution in [0.3, 0.4) is 0 Å². The van der Waals surface area contributed by atoms with Crippen LogP contribution in [0.15, 0.2) is 36.4 Å². The Labute approximate surface area is 236 Å². The van der Waals surface area contributed by atoms with Crippen LogP contribution in [0.4, 0.5) is 0 Å². The zero-order chi connectivity index (χ0) is 28.9. The van der Waals surface area contributed by atoms with Gasteiger partial charge in [-0.3, -0.25) is 0 Å². The Morgan fingerprint density at radius 2 is 1.42 bits per heavy atom. The Morgan fingerprint density at radius 1 is 0.868 bits per heavy atom. The lowest BCUT2D eigenvalue weighted by atomic mass is 10.1. The van der Waals surface area contributed by atoms with E-state index < -0.39 is 22.6 Å². The third-order valence-corrected chi connectivity index (χ3v) is 18.1. The molecule has 0 aliphatic carbocycles. The predicted molar refractivity (Wildman–Crippen MR) is 165 cm³/mol. The zero-order valence-electron chi connectivity index (χ0n) is 25.3. The lowest BCUT2D eigenvalue weighted by molar-refractivity contribution is -0.131. The molecule has 1 aromatic heterocycles. The first kappa shape index (κ1) is 32.5. The molecule has 38 heavy (non-hydrogen) atoms. The van der Waals surface area contributed by atoms with E-state index in [-0.39, 0.29) is 10.1 Å². The molecule has 2 aromatic rings. The van der Waals surface area contributed by atoms with Crippen molar-refractivity contribution >= 4 is 39.5 Å². The fourth-order valence-electron chi connectivity index (χ4n) is 3.20. The Morgan fingerprint density at radius 3 is 1.92 bits per heavy atom. The smallest absolute Gasteiger partial charge is 0.328 e. The number of rotatable bonds is 12. The molecule has 0 fully saturated rings. The maximum atomic E-state index is 11.1. The van der Waals surface area contributed by atoms with E-state index in [4.69, 9.17) is 18.7 Å². The van der Waals surface area contributed by atoms with Crippen LogP contribution < -0.4 is 4.74 Å². The molecular formula is C30H48O5SSi2. The van der Waals surface area contributed by atoms with Crippen molar-refractivity contribution in [2.45, 2.75) is 111 Å². The van der Waals surface area contributed by atoms with Crippen LogP contribution in [-0.2, 0) is 33.5 Å². The predicted octanol–water partition coefficient (Wildman–Crippen LogP) is 9.25. The molecule has 8 heteroatoms. The van der Waals surface area contributed by atoms with Gasteiger partial charge < -0.3 is 18.7 Å². The number of hydrogen-bond acceptors (Lipinski definition) is 5. The molecule has 0 amide bonds. The van der Waals surface area contributed by atoms with E-state index >= 15 is 0 Å². The number of hydrogen-bond donors (Lipinski definition) is 1. The highest BCUT2D eigenvalue weighted by atomic mass is 32.1. The van der Waals surface area contributed by atoms with Gasteiger partial charge in [0.25, 0.3) is 0 Å². The first-order valence-corrected chi connectivity index (χ1v) is 20.0. The van der Waals surface area contributed by atoms with Crippen molar-refractivity contribution in [2.75, 3.05) is 0 Å². The van der Waals surface area contributed by atoms with Gasteiger partial charge in [-0.25, -0.2) is 4.79 Å². The average molecular weight is 577 g/mol. The third-order valence-electron chi connectivity index (χ3n) is 8.00. The molecule has 5 nitrogen and oxygen atoms in total. The van der Waals surface area contributed by atoms with E-state index in [9.17, 15) is 4.79 Å². The van der Waals surface area contributed by atoms with Gasteiger partial charge in [0.05, 0.1) is 13.2 Å². The normalized spacial score (nSPS) is 13.6. The molecule has 1 heterocycles. The summed E-state index contributed by atoms with van der Waals surface area (Å²) in [5.41, 5.74) is 3.08. The van der Waals surface area contributed by atoms with Crippen molar-refractivity contribution in [3.63, 3.8) is 0 Å². The topological polar surface area (TPSA) is 65.0 Å². The maximum Gasteiger partial charge on any atom is 0.328 e. The molecule has 0 saturated carbocycles. The van der Waals surface area contributed by atoms with E-state index in [2.05, 4.69) is 79.9 Å². The molecule has 212 valence electrons. The summed E-state index contributed by atoms with van der Waals surface area (Å²) < 4.78 is 19.4. The number of carboxylic acid groups (broad SMARTS) is 1. The Bertz CT molecular complexity index is 1120. The summed E-state index contributed by atoms with van der Waals surface area (Å²) in [7, 11) is -3.83. The summed E-state index contributed by atoms with van der Waals surface area (Å²) >= 11 is 1.57. The number of benzene rings is 1. The molecule has 0 spiro atoms. The van der Waals surface area contributed by atoms with Crippen molar-refractivity contribution in [3.8, 4) is 5.75 Å². The van der Waals surface area contributed by atoms with Gasteiger partial charge in [0.2, 0.25) is 0 Å². The molecule has 0 radical (unpaired) electrons. The molecule has 0 bridgehead atoms. The summed E-state index contributed by atoms with van der Waals surface area (Å²) in [6.45, 7) is 26.1. The molecule has 2 rings (SSSR count). The van der Waals surface area contributed by atoms with E-state index in [0.29, 0.717) is 26.2 Å². The van der Waals surface area contributed by atoms with Gasteiger partial charge in [-0.05, 0) is 83.7 Å². The molecular weight excluding hydrogens is 529 g/mol. The van der Waals surface area contributed by atoms with Crippen LogP contribution >= 0.6 is 11.3 Å². The minimum absolute atomic E-state index is 0.127. The molecule has 1 N–H and O–H groups in total. The summed E-state index contributed by atoms with van der Waals surface area (Å²) in [4.78, 5) is 13.1. The fraction of sp³-hybridized carbons (Fsp3) is 0.567. The zero-order valence-corrected chi connectivity index (χ0v) is 28.1. The minimum Gasteiger partial charge on any atom is -0.488 e. The van der Waals surface area contributed by atoms with Gasteiger partial charge >= 0.3 is 5.97 Å². The van der Waals surface area contributed by atoms with Crippen molar-refractivity contribution in [1.82, 2.24) is 0 Å². The van der Waals surface area contributed by atoms with Crippen LogP contribution in [0.5, 0.6) is 5.75 Å². The van der Waals surface area contributed by atoms with Crippen LogP contribution in [-0.4, -0.2) is 27.7 Å². The van der Waals surface area contributed by atoms with Crippen LogP contribution in [0.2, 0.25) is 36.3 Å². The number of ether oxygens (including phenoxy) is 1. The first-order chi connectivity index (χ1) is 17.4. The van der Waals surface area contributed by atoms with Gasteiger partial charge in [0.1, 0.15) is 12.4 Å². The van der Waals surface area contributed by atoms with E-state index in [1.54, 1.807) is 11.3 Å². The second-order valence-corrected chi connectivity index (χ2v) is 23.7. The Hall–Kier alpha value is -1.72. The largest absolute Gasteiger partial charge is 0.488 e. The molecule has 0 atom stereocenters. The van der Waals surface area contributed by atoms with E-state index in [1.807, 2.05) is 25.1 Å². The van der Waals surface area contributed by atoms with Crippen LogP contribution in [0, 0.1) is 0 Å². The highest BCUT2D eigenvalue weighted by molar-refractivity contribution is 7.13. The number of allylic oxidation sites excluding steroid dienone is 1. The van der Waals surface area contributed by atoms with E-state index in [1.165, 1.54) is 6.08 Å². The summed E-state index contributed by atoms with van der Waals surface area (Å²) in [6, 6.07) is 10.2. The van der Waals surface area contributed by atoms with Crippen molar-refractivity contribution in [2.24, 2.45) is 0 Å². The van der Waals surface area contributed by atoms with Crippen molar-refractivity contribution in [3.05, 3.63) is 57.3 Å². The number of carboxylic acids is 1. The molecule has 0 aliphatic rings. The standard InChI is InChI=1S/C30H48O5SSi2/c1-12-22(18-28(31)32)27-16-15-26(36-27)21-33-25-14-13-23(19-34-37(8,9)29(2,3)4)24(17-25)20-35-38(10,11)30(5,6)7/h13-18H,12,19-21H2,1-11H3,(H,31,32)/b22-18-. The fourth-order valence-corrected chi connectivity index (χ4v) is 6.10. The third kappa shape index (κ3) is 8.91. The summed E-state index contributed by atoms with van der Waals surface area (Å²) in [5.74, 6) is -0.125. The molecule has 0 saturated heterocycles. The SMILES string of the molecule is CC/C(=C/C(=O)O)c1ccc(COc2ccc(CO[Si](C)(C)C(C)(C)C)c(CO[Si](C)(C)C(C)(C)C)c2)s1. The van der Waals surface area contributed by atoms with Gasteiger partial charge in [-0.1, -0.05) is 54.5 Å². The number of thiophene rings is 1. The summed E-state index contributed by atoms with van der Waals surface area (Å²) in [5, 5.41) is 9.40. The minimum atomic E-state index is -1.93. The average Bonchev–Trinajstić information content (AvgIpc) is 3.26. The second-order valence-electron chi connectivity index (χ2n) is 12.9. The van der Waals surface area contributed by atoms with Crippen molar-refractivity contribution < 1.29 is 23.5 Å². The molecule has 1 aromatic carbocycles. The first-order valence-electron chi connectivity index (χ1n) is 13.4. The van der Waals surface area contributed by atoms with Crippen LogP contribution in [0.25, 0.3) is 5.57 Å². The Balaban J connectivity index is 2.25. The lowest BCUT2D eigenvalue weighted by Crippen LogP contribution is -2.41. The molecule has 0 unspecified atom stereocenters. The molecule has 0 aliphatic heterocycles. The van der Waals surface area contributed by atoms with Crippen molar-refractivity contribution in [1.29, 1.82) is 0 Å². The van der Waals surface area contributed by atoms with Gasteiger partial charge in [0.15, 0.2) is 16.6 Å². The van der Waals surface area contributed by atoms with Crippen LogP contribution in [0.1, 0.15) is 75.8 Å². The number of aliphatic carboxylic acids is 1. The Kier molecular flexibility index (Phi) is 10.8. The van der Waals surface area contributed by atoms with E-state index in [0.717, 1.165) is 32.2 Å². The number of carbonyl (C=O) groups is 1. The monoisotopic (exact) mass is 576 g/mol. The highest BCUT2D eigenvalue weighted by Gasteiger charge is 2.38. The lowest BCUT2D eigenvalue weighted by Gasteiger charge is -2.37. The van der Waals surface area contributed by atoms with Gasteiger partial charge in [-0.15, -0.1) is 11.3 Å².